The minimum atomic E-state index is 0.286. The number of hydrogen-bond acceptors (Lipinski definition) is 3. The average Bonchev–Trinajstić information content (AvgIpc) is 2.46. The molecule has 0 radical (unpaired) electrons. The Labute approximate surface area is 82.8 Å². The van der Waals surface area contributed by atoms with Crippen LogP contribution in [0.5, 0.6) is 0 Å². The van der Waals surface area contributed by atoms with Crippen molar-refractivity contribution in [1.29, 1.82) is 5.26 Å². The summed E-state index contributed by atoms with van der Waals surface area (Å²) >= 11 is 3.31. The van der Waals surface area contributed by atoms with Gasteiger partial charge in [0.05, 0.1) is 18.0 Å². The standard InChI is InChI=1S/C8H5BrN4/c9-5-3-6-8(11-4-5)13-7(12-6)1-2-10/h3-4H,1H2,(H,11,12,13). The van der Waals surface area contributed by atoms with Crippen LogP contribution in [-0.2, 0) is 6.42 Å². The van der Waals surface area contributed by atoms with Gasteiger partial charge in [0.2, 0.25) is 0 Å². The Morgan fingerprint density at radius 2 is 2.46 bits per heavy atom. The molecule has 0 aromatic carbocycles. The highest BCUT2D eigenvalue weighted by Crippen LogP contribution is 2.14. The van der Waals surface area contributed by atoms with Crippen LogP contribution in [0.15, 0.2) is 16.7 Å². The second-order valence-corrected chi connectivity index (χ2v) is 3.46. The number of aromatic nitrogens is 3. The van der Waals surface area contributed by atoms with E-state index in [1.54, 1.807) is 6.20 Å². The zero-order valence-corrected chi connectivity index (χ0v) is 8.17. The van der Waals surface area contributed by atoms with Crippen LogP contribution in [0.25, 0.3) is 11.2 Å². The van der Waals surface area contributed by atoms with Gasteiger partial charge in [-0.1, -0.05) is 0 Å². The number of nitrogens with one attached hydrogen (secondary N) is 1. The number of nitrogens with zero attached hydrogens (tertiary/aromatic N) is 3. The van der Waals surface area contributed by atoms with E-state index in [-0.39, 0.29) is 6.42 Å². The Bertz CT molecular complexity index is 482. The topological polar surface area (TPSA) is 65.4 Å². The Kier molecular flexibility index (Phi) is 1.99. The molecule has 0 unspecified atom stereocenters. The number of fused-ring (bicyclic) bond motifs is 1. The molecule has 0 amide bonds. The molecule has 2 aromatic rings. The molecule has 0 aliphatic heterocycles. The normalized spacial score (nSPS) is 10.2. The monoisotopic (exact) mass is 236 g/mol. The summed E-state index contributed by atoms with van der Waals surface area (Å²) in [4.78, 5) is 11.2. The zero-order valence-electron chi connectivity index (χ0n) is 6.58. The fraction of sp³-hybridized carbons (Fsp3) is 0.125. The highest BCUT2D eigenvalue weighted by Gasteiger charge is 2.02. The summed E-state index contributed by atoms with van der Waals surface area (Å²) in [5.74, 6) is 0.656. The number of hydrogen-bond donors (Lipinski definition) is 1. The lowest BCUT2D eigenvalue weighted by Crippen LogP contribution is -1.82. The van der Waals surface area contributed by atoms with Crippen LogP contribution in [0, 0.1) is 11.3 Å². The molecule has 64 valence electrons. The lowest BCUT2D eigenvalue weighted by atomic mass is 10.4. The molecular formula is C8H5BrN4. The number of nitriles is 1. The summed E-state index contributed by atoms with van der Waals surface area (Å²) < 4.78 is 0.896. The van der Waals surface area contributed by atoms with Gasteiger partial charge in [0, 0.05) is 10.7 Å². The van der Waals surface area contributed by atoms with Gasteiger partial charge in [0.25, 0.3) is 0 Å². The third kappa shape index (κ3) is 1.53. The molecule has 2 rings (SSSR count). The predicted molar refractivity (Wildman–Crippen MR) is 50.9 cm³/mol. The van der Waals surface area contributed by atoms with E-state index in [9.17, 15) is 0 Å². The van der Waals surface area contributed by atoms with Gasteiger partial charge in [-0.05, 0) is 22.0 Å². The van der Waals surface area contributed by atoms with E-state index in [0.717, 1.165) is 9.99 Å². The highest BCUT2D eigenvalue weighted by molar-refractivity contribution is 9.10. The van der Waals surface area contributed by atoms with Gasteiger partial charge >= 0.3 is 0 Å². The second kappa shape index (κ2) is 3.15. The van der Waals surface area contributed by atoms with Crippen molar-refractivity contribution in [3.8, 4) is 6.07 Å². The second-order valence-electron chi connectivity index (χ2n) is 2.54. The minimum Gasteiger partial charge on any atom is -0.340 e. The molecule has 2 heterocycles. The Morgan fingerprint density at radius 1 is 1.62 bits per heavy atom. The molecule has 0 spiro atoms. The lowest BCUT2D eigenvalue weighted by Gasteiger charge is -1.86. The Morgan fingerprint density at radius 3 is 3.23 bits per heavy atom. The van der Waals surface area contributed by atoms with E-state index in [1.165, 1.54) is 0 Å². The third-order valence-electron chi connectivity index (χ3n) is 1.60. The smallest absolute Gasteiger partial charge is 0.177 e. The largest absolute Gasteiger partial charge is 0.340 e. The number of pyridine rings is 1. The first-order valence-electron chi connectivity index (χ1n) is 3.66. The first-order chi connectivity index (χ1) is 6.29. The predicted octanol–water partition coefficient (Wildman–Crippen LogP) is 1.79. The SMILES string of the molecule is N#CCc1nc2ncc(Br)cc2[nH]1. The number of imidazole rings is 1. The Hall–Kier alpha value is -1.41. The number of halogens is 1. The van der Waals surface area contributed by atoms with Crippen LogP contribution in [0.4, 0.5) is 0 Å². The lowest BCUT2D eigenvalue weighted by molar-refractivity contribution is 1.07. The number of H-pyrrole nitrogens is 1. The zero-order chi connectivity index (χ0) is 9.26. The summed E-state index contributed by atoms with van der Waals surface area (Å²) in [5, 5.41) is 8.46. The van der Waals surface area contributed by atoms with Gasteiger partial charge in [0.15, 0.2) is 5.65 Å². The molecular weight excluding hydrogens is 232 g/mol. The van der Waals surface area contributed by atoms with Gasteiger partial charge < -0.3 is 4.98 Å². The fourth-order valence-electron chi connectivity index (χ4n) is 1.08. The first-order valence-corrected chi connectivity index (χ1v) is 4.46. The van der Waals surface area contributed by atoms with Crippen molar-refractivity contribution in [3.05, 3.63) is 22.6 Å². The van der Waals surface area contributed by atoms with Gasteiger partial charge in [-0.15, -0.1) is 0 Å². The number of aromatic amines is 1. The molecule has 13 heavy (non-hydrogen) atoms. The van der Waals surface area contributed by atoms with E-state index in [2.05, 4.69) is 30.9 Å². The van der Waals surface area contributed by atoms with Crippen molar-refractivity contribution in [2.45, 2.75) is 6.42 Å². The third-order valence-corrected chi connectivity index (χ3v) is 2.03. The van der Waals surface area contributed by atoms with E-state index < -0.39 is 0 Å². The van der Waals surface area contributed by atoms with E-state index in [0.29, 0.717) is 11.5 Å². The molecule has 0 aliphatic carbocycles. The highest BCUT2D eigenvalue weighted by atomic mass is 79.9. The first kappa shape index (κ1) is 8.20. The van der Waals surface area contributed by atoms with Gasteiger partial charge in [-0.3, -0.25) is 0 Å². The molecule has 0 aliphatic rings. The molecule has 0 saturated heterocycles. The summed E-state index contributed by atoms with van der Waals surface area (Å²) in [6.45, 7) is 0. The molecule has 0 saturated carbocycles. The van der Waals surface area contributed by atoms with E-state index >= 15 is 0 Å². The van der Waals surface area contributed by atoms with Crippen LogP contribution in [-0.4, -0.2) is 15.0 Å². The van der Waals surface area contributed by atoms with Crippen molar-refractivity contribution in [1.82, 2.24) is 15.0 Å². The van der Waals surface area contributed by atoms with Crippen molar-refractivity contribution < 1.29 is 0 Å². The summed E-state index contributed by atoms with van der Waals surface area (Å²) in [6.07, 6.45) is 1.97. The van der Waals surface area contributed by atoms with E-state index in [1.807, 2.05) is 12.1 Å². The quantitative estimate of drug-likeness (QED) is 0.822. The van der Waals surface area contributed by atoms with Crippen LogP contribution >= 0.6 is 15.9 Å². The minimum absolute atomic E-state index is 0.286. The maximum absolute atomic E-state index is 8.46. The van der Waals surface area contributed by atoms with Crippen molar-refractivity contribution in [2.75, 3.05) is 0 Å². The van der Waals surface area contributed by atoms with Crippen molar-refractivity contribution >= 4 is 27.1 Å². The van der Waals surface area contributed by atoms with Crippen LogP contribution in [0.1, 0.15) is 5.82 Å². The summed E-state index contributed by atoms with van der Waals surface area (Å²) in [7, 11) is 0. The molecule has 4 nitrogen and oxygen atoms in total. The molecule has 5 heteroatoms. The van der Waals surface area contributed by atoms with Crippen molar-refractivity contribution in [3.63, 3.8) is 0 Å². The number of rotatable bonds is 1. The van der Waals surface area contributed by atoms with Crippen LogP contribution in [0.3, 0.4) is 0 Å². The van der Waals surface area contributed by atoms with Crippen LogP contribution < -0.4 is 0 Å². The molecule has 0 atom stereocenters. The molecule has 0 fully saturated rings. The maximum Gasteiger partial charge on any atom is 0.177 e. The Balaban J connectivity index is 2.57. The molecule has 0 bridgehead atoms. The van der Waals surface area contributed by atoms with Gasteiger partial charge in [-0.25, -0.2) is 9.97 Å². The fourth-order valence-corrected chi connectivity index (χ4v) is 1.41. The van der Waals surface area contributed by atoms with Crippen molar-refractivity contribution in [2.24, 2.45) is 0 Å². The van der Waals surface area contributed by atoms with E-state index in [4.69, 9.17) is 5.26 Å². The molecule has 2 aromatic heterocycles. The maximum atomic E-state index is 8.46. The molecule has 1 N–H and O–H groups in total. The van der Waals surface area contributed by atoms with Gasteiger partial charge in [0.1, 0.15) is 5.82 Å². The average molecular weight is 237 g/mol. The van der Waals surface area contributed by atoms with Gasteiger partial charge in [-0.2, -0.15) is 5.26 Å². The van der Waals surface area contributed by atoms with Crippen LogP contribution in [0.2, 0.25) is 0 Å². The summed E-state index contributed by atoms with van der Waals surface area (Å²) in [5.41, 5.74) is 1.49. The summed E-state index contributed by atoms with van der Waals surface area (Å²) in [6, 6.07) is 3.91.